The van der Waals surface area contributed by atoms with Gasteiger partial charge in [-0.25, -0.2) is 0 Å². The van der Waals surface area contributed by atoms with Crippen molar-refractivity contribution in [3.63, 3.8) is 0 Å². The molecule has 0 unspecified atom stereocenters. The van der Waals surface area contributed by atoms with Crippen LogP contribution in [0.3, 0.4) is 0 Å². The lowest BCUT2D eigenvalue weighted by molar-refractivity contribution is 0.141. The molecule has 0 amide bonds. The van der Waals surface area contributed by atoms with Gasteiger partial charge in [-0.1, -0.05) is 18.2 Å². The van der Waals surface area contributed by atoms with Crippen LogP contribution in [0.2, 0.25) is 0 Å². The quantitative estimate of drug-likeness (QED) is 0.746. The molecule has 1 saturated carbocycles. The summed E-state index contributed by atoms with van der Waals surface area (Å²) in [5.41, 5.74) is 2.74. The highest BCUT2D eigenvalue weighted by Crippen LogP contribution is 2.23. The molecule has 1 N–H and O–H groups in total. The Morgan fingerprint density at radius 2 is 2.15 bits per heavy atom. The van der Waals surface area contributed by atoms with Crippen LogP contribution in [0.4, 0.5) is 0 Å². The van der Waals surface area contributed by atoms with E-state index in [1.165, 1.54) is 29.4 Å². The van der Waals surface area contributed by atoms with Crippen molar-refractivity contribution in [2.24, 2.45) is 0 Å². The average molecular weight is 272 g/mol. The fourth-order valence-electron chi connectivity index (χ4n) is 2.68. The molecule has 108 valence electrons. The van der Waals surface area contributed by atoms with Crippen molar-refractivity contribution in [2.75, 3.05) is 13.2 Å². The van der Waals surface area contributed by atoms with E-state index in [1.807, 2.05) is 0 Å². The smallest absolute Gasteiger partial charge is 0.0482 e. The zero-order valence-corrected chi connectivity index (χ0v) is 12.3. The fraction of sp³-hybridized carbons (Fsp3) is 0.529. The second-order valence-electron chi connectivity index (χ2n) is 5.55. The lowest BCUT2D eigenvalue weighted by Crippen LogP contribution is -2.18. The summed E-state index contributed by atoms with van der Waals surface area (Å²) in [7, 11) is 0. The van der Waals surface area contributed by atoms with Crippen LogP contribution < -0.4 is 5.32 Å². The van der Waals surface area contributed by atoms with Crippen molar-refractivity contribution in [1.29, 1.82) is 0 Å². The number of nitrogens with one attached hydrogen (secondary N) is 1. The van der Waals surface area contributed by atoms with Crippen molar-refractivity contribution in [3.8, 4) is 0 Å². The van der Waals surface area contributed by atoms with Crippen molar-refractivity contribution >= 4 is 10.9 Å². The molecule has 0 atom stereocenters. The van der Waals surface area contributed by atoms with E-state index in [4.69, 9.17) is 4.74 Å². The predicted octanol–water partition coefficient (Wildman–Crippen LogP) is 3.32. The van der Waals surface area contributed by atoms with Gasteiger partial charge in [-0.05, 0) is 43.7 Å². The molecule has 1 aliphatic carbocycles. The molecule has 0 bridgehead atoms. The number of fused-ring (bicyclic) bond motifs is 1. The minimum absolute atomic E-state index is 0.755. The lowest BCUT2D eigenvalue weighted by atomic mass is 10.2. The summed E-state index contributed by atoms with van der Waals surface area (Å²) < 4.78 is 7.91. The van der Waals surface area contributed by atoms with Crippen LogP contribution in [0.15, 0.2) is 30.3 Å². The maximum absolute atomic E-state index is 5.46. The molecule has 1 heterocycles. The number of hydrogen-bond acceptors (Lipinski definition) is 2. The summed E-state index contributed by atoms with van der Waals surface area (Å²) in [6.07, 6.45) is 3.75. The molecule has 3 heteroatoms. The minimum Gasteiger partial charge on any atom is -0.382 e. The van der Waals surface area contributed by atoms with E-state index < -0.39 is 0 Å². The Bertz CT molecular complexity index is 557. The van der Waals surface area contributed by atoms with Crippen LogP contribution in [0.1, 0.15) is 31.9 Å². The zero-order chi connectivity index (χ0) is 13.8. The van der Waals surface area contributed by atoms with Crippen LogP contribution in [0.25, 0.3) is 10.9 Å². The van der Waals surface area contributed by atoms with Gasteiger partial charge in [-0.3, -0.25) is 0 Å². The van der Waals surface area contributed by atoms with Gasteiger partial charge < -0.3 is 14.6 Å². The van der Waals surface area contributed by atoms with Crippen molar-refractivity contribution in [3.05, 3.63) is 36.0 Å². The Morgan fingerprint density at radius 1 is 1.30 bits per heavy atom. The van der Waals surface area contributed by atoms with E-state index >= 15 is 0 Å². The number of hydrogen-bond donors (Lipinski definition) is 1. The first-order chi connectivity index (χ1) is 9.88. The third kappa shape index (κ3) is 3.22. The highest BCUT2D eigenvalue weighted by atomic mass is 16.5. The summed E-state index contributed by atoms with van der Waals surface area (Å²) >= 11 is 0. The summed E-state index contributed by atoms with van der Waals surface area (Å²) in [4.78, 5) is 0. The molecular weight excluding hydrogens is 248 g/mol. The van der Waals surface area contributed by atoms with Gasteiger partial charge in [0.15, 0.2) is 0 Å². The maximum atomic E-state index is 5.46. The summed E-state index contributed by atoms with van der Waals surface area (Å²) in [5, 5.41) is 4.97. The van der Waals surface area contributed by atoms with Gasteiger partial charge in [0, 0.05) is 43.6 Å². The normalized spacial score (nSPS) is 15.1. The molecule has 3 rings (SSSR count). The molecule has 0 aliphatic heterocycles. The van der Waals surface area contributed by atoms with Crippen LogP contribution in [0, 0.1) is 0 Å². The largest absolute Gasteiger partial charge is 0.382 e. The Balaban J connectivity index is 1.75. The Hall–Kier alpha value is -1.32. The van der Waals surface area contributed by atoms with Gasteiger partial charge in [0.25, 0.3) is 0 Å². The van der Waals surface area contributed by atoms with Crippen molar-refractivity contribution in [1.82, 2.24) is 9.88 Å². The summed E-state index contributed by atoms with van der Waals surface area (Å²) in [5.74, 6) is 0. The van der Waals surface area contributed by atoms with Gasteiger partial charge in [0.2, 0.25) is 0 Å². The number of aryl methyl sites for hydroxylation is 1. The fourth-order valence-corrected chi connectivity index (χ4v) is 2.68. The molecule has 1 aromatic carbocycles. The zero-order valence-electron chi connectivity index (χ0n) is 12.3. The molecule has 1 fully saturated rings. The third-order valence-corrected chi connectivity index (χ3v) is 3.92. The second-order valence-corrected chi connectivity index (χ2v) is 5.55. The molecule has 3 nitrogen and oxygen atoms in total. The van der Waals surface area contributed by atoms with Crippen molar-refractivity contribution in [2.45, 2.75) is 45.3 Å². The second kappa shape index (κ2) is 6.42. The minimum atomic E-state index is 0.755. The van der Waals surface area contributed by atoms with Gasteiger partial charge in [-0.15, -0.1) is 0 Å². The Morgan fingerprint density at radius 3 is 2.95 bits per heavy atom. The SMILES string of the molecule is CCOCCCn1c(CNC2CC2)cc2ccccc21. The molecule has 2 aromatic rings. The number of ether oxygens (including phenoxy) is 1. The first-order valence-electron chi connectivity index (χ1n) is 7.76. The van der Waals surface area contributed by atoms with Crippen molar-refractivity contribution < 1.29 is 4.74 Å². The third-order valence-electron chi connectivity index (χ3n) is 3.92. The number of rotatable bonds is 8. The maximum Gasteiger partial charge on any atom is 0.0482 e. The van der Waals surface area contributed by atoms with Crippen LogP contribution in [-0.4, -0.2) is 23.8 Å². The van der Waals surface area contributed by atoms with Crippen LogP contribution in [0.5, 0.6) is 0 Å². The molecule has 0 saturated heterocycles. The van der Waals surface area contributed by atoms with Gasteiger partial charge in [0.05, 0.1) is 0 Å². The Kier molecular flexibility index (Phi) is 4.38. The first kappa shape index (κ1) is 13.7. The molecule has 1 aromatic heterocycles. The van der Waals surface area contributed by atoms with Crippen LogP contribution >= 0.6 is 0 Å². The average Bonchev–Trinajstić information content (AvgIpc) is 3.23. The Labute approximate surface area is 120 Å². The summed E-state index contributed by atoms with van der Waals surface area (Å²) in [6, 6.07) is 11.7. The summed E-state index contributed by atoms with van der Waals surface area (Å²) in [6.45, 7) is 5.72. The molecule has 1 aliphatic rings. The topological polar surface area (TPSA) is 26.2 Å². The standard InChI is InChI=1S/C17H24N2O/c1-2-20-11-5-10-19-16(13-18-15-8-9-15)12-14-6-3-4-7-17(14)19/h3-4,6-7,12,15,18H,2,5,8-11,13H2,1H3. The number of aromatic nitrogens is 1. The molecule has 0 spiro atoms. The van der Waals surface area contributed by atoms with Gasteiger partial charge >= 0.3 is 0 Å². The number of benzene rings is 1. The van der Waals surface area contributed by atoms with E-state index in [2.05, 4.69) is 47.1 Å². The van der Waals surface area contributed by atoms with E-state index in [0.29, 0.717) is 0 Å². The highest BCUT2D eigenvalue weighted by molar-refractivity contribution is 5.81. The van der Waals surface area contributed by atoms with Gasteiger partial charge in [0.1, 0.15) is 0 Å². The monoisotopic (exact) mass is 272 g/mol. The van der Waals surface area contributed by atoms with E-state index in [1.54, 1.807) is 0 Å². The molecular formula is C17H24N2O. The van der Waals surface area contributed by atoms with E-state index in [-0.39, 0.29) is 0 Å². The van der Waals surface area contributed by atoms with Gasteiger partial charge in [-0.2, -0.15) is 0 Å². The first-order valence-corrected chi connectivity index (χ1v) is 7.76. The number of para-hydroxylation sites is 1. The van der Waals surface area contributed by atoms with E-state index in [0.717, 1.165) is 38.8 Å². The molecule has 0 radical (unpaired) electrons. The molecule has 20 heavy (non-hydrogen) atoms. The van der Waals surface area contributed by atoms with Crippen LogP contribution in [-0.2, 0) is 17.8 Å². The lowest BCUT2D eigenvalue weighted by Gasteiger charge is -2.11. The van der Waals surface area contributed by atoms with E-state index in [9.17, 15) is 0 Å². The predicted molar refractivity (Wildman–Crippen MR) is 82.9 cm³/mol. The number of nitrogens with zero attached hydrogens (tertiary/aromatic N) is 1. The highest BCUT2D eigenvalue weighted by Gasteiger charge is 2.20.